The van der Waals surface area contributed by atoms with Gasteiger partial charge in [0, 0.05) is 56.6 Å². The molecule has 0 radical (unpaired) electrons. The van der Waals surface area contributed by atoms with Crippen molar-refractivity contribution in [2.24, 2.45) is 16.8 Å². The molecule has 0 aromatic carbocycles. The predicted octanol–water partition coefficient (Wildman–Crippen LogP) is 5.89. The van der Waals surface area contributed by atoms with E-state index in [0.29, 0.717) is 56.5 Å². The van der Waals surface area contributed by atoms with Crippen LogP contribution < -0.4 is 10.1 Å². The van der Waals surface area contributed by atoms with Crippen molar-refractivity contribution in [3.05, 3.63) is 35.0 Å². The highest BCUT2D eigenvalue weighted by Gasteiger charge is 2.44. The Morgan fingerprint density at radius 2 is 2.00 bits per heavy atom. The van der Waals surface area contributed by atoms with E-state index in [0.717, 1.165) is 31.1 Å². The third-order valence-corrected chi connectivity index (χ3v) is 8.93. The van der Waals surface area contributed by atoms with E-state index in [1.807, 2.05) is 20.8 Å². The van der Waals surface area contributed by atoms with Crippen LogP contribution in [0.3, 0.4) is 0 Å². The van der Waals surface area contributed by atoms with Crippen molar-refractivity contribution < 1.29 is 27.1 Å². The summed E-state index contributed by atoms with van der Waals surface area (Å²) < 4.78 is 60.2. The van der Waals surface area contributed by atoms with E-state index in [2.05, 4.69) is 20.2 Å². The van der Waals surface area contributed by atoms with E-state index in [4.69, 9.17) is 4.74 Å². The first-order valence-electron chi connectivity index (χ1n) is 14.3. The van der Waals surface area contributed by atoms with Crippen LogP contribution in [-0.4, -0.2) is 72.2 Å². The van der Waals surface area contributed by atoms with Gasteiger partial charge in [-0.05, 0) is 70.3 Å². The standard InChI is InChI=1S/C30H44F4N4O2/c1-7-24(21(4)35-6)28(39)37-25-9-8-14-29(31,20(3)19(25)2)15-18-38-16-12-23-10-11-27(36-26(23)13-17-38)40-22(5)30(32,33)34/h7,10-11,19-20,22,25H,8-9,12-18H2,1-6H3,(H,37,39)/b24-7+,35-21?/t19-,20+,22?,25?,29?/m1/s1. The van der Waals surface area contributed by atoms with Crippen LogP contribution in [0.5, 0.6) is 5.88 Å². The Morgan fingerprint density at radius 1 is 1.30 bits per heavy atom. The monoisotopic (exact) mass is 568 g/mol. The van der Waals surface area contributed by atoms with Gasteiger partial charge in [-0.1, -0.05) is 26.0 Å². The number of hydrogen-bond donors (Lipinski definition) is 1. The second kappa shape index (κ2) is 13.4. The molecule has 0 spiro atoms. The topological polar surface area (TPSA) is 66.8 Å². The molecule has 1 aromatic heterocycles. The van der Waals surface area contributed by atoms with Gasteiger partial charge in [-0.3, -0.25) is 9.79 Å². The molecule has 1 amide bonds. The zero-order chi connectivity index (χ0) is 29.7. The van der Waals surface area contributed by atoms with Gasteiger partial charge in [0.05, 0.1) is 5.57 Å². The predicted molar refractivity (Wildman–Crippen MR) is 150 cm³/mol. The summed E-state index contributed by atoms with van der Waals surface area (Å²) in [6, 6.07) is 3.17. The number of alkyl halides is 4. The first-order valence-corrected chi connectivity index (χ1v) is 14.3. The Bertz CT molecular complexity index is 1090. The second-order valence-electron chi connectivity index (χ2n) is 11.3. The van der Waals surface area contributed by atoms with Crippen LogP contribution in [0.2, 0.25) is 0 Å². The summed E-state index contributed by atoms with van der Waals surface area (Å²) in [5.41, 5.74) is 1.59. The zero-order valence-corrected chi connectivity index (χ0v) is 24.6. The third kappa shape index (κ3) is 7.83. The zero-order valence-electron chi connectivity index (χ0n) is 24.6. The molecule has 10 heteroatoms. The molecule has 1 aliphatic heterocycles. The Morgan fingerprint density at radius 3 is 2.65 bits per heavy atom. The highest BCUT2D eigenvalue weighted by Crippen LogP contribution is 2.42. The highest BCUT2D eigenvalue weighted by molar-refractivity contribution is 6.20. The number of ether oxygens (including phenoxy) is 1. The SMILES string of the molecule is C/C=C(/C(=O)NC1CCCC(F)(CCN2CCc3ccc(OC(C)C(F)(F)F)nc3CC2)[C@@H](C)[C@H]1C)C(C)=NC. The average Bonchev–Trinajstić information content (AvgIpc) is 3.17. The van der Waals surface area contributed by atoms with Crippen molar-refractivity contribution in [3.8, 4) is 5.88 Å². The Hall–Kier alpha value is -2.49. The maximum Gasteiger partial charge on any atom is 0.425 e. The van der Waals surface area contributed by atoms with Gasteiger partial charge < -0.3 is 15.0 Å². The second-order valence-corrected chi connectivity index (χ2v) is 11.3. The van der Waals surface area contributed by atoms with Gasteiger partial charge in [0.1, 0.15) is 5.67 Å². The van der Waals surface area contributed by atoms with Crippen LogP contribution in [0.15, 0.2) is 28.8 Å². The lowest BCUT2D eigenvalue weighted by atomic mass is 9.77. The molecule has 6 nitrogen and oxygen atoms in total. The lowest BCUT2D eigenvalue weighted by Crippen LogP contribution is -2.46. The molecule has 3 rings (SSSR count). The summed E-state index contributed by atoms with van der Waals surface area (Å²) in [4.78, 5) is 23.6. The van der Waals surface area contributed by atoms with E-state index in [1.54, 1.807) is 26.1 Å². The average molecular weight is 569 g/mol. The molecule has 1 aromatic rings. The van der Waals surface area contributed by atoms with Gasteiger partial charge in [-0.15, -0.1) is 0 Å². The van der Waals surface area contributed by atoms with Gasteiger partial charge in [-0.25, -0.2) is 9.37 Å². The number of carbonyl (C=O) groups is 1. The Kier molecular flexibility index (Phi) is 10.8. The molecule has 2 aliphatic rings. The number of amides is 1. The number of carbonyl (C=O) groups excluding carboxylic acids is 1. The fourth-order valence-electron chi connectivity index (χ4n) is 5.84. The molecule has 224 valence electrons. The fourth-order valence-corrected chi connectivity index (χ4v) is 5.84. The van der Waals surface area contributed by atoms with Crippen LogP contribution in [0.25, 0.3) is 0 Å². The largest absolute Gasteiger partial charge is 0.465 e. The number of nitrogens with one attached hydrogen (secondary N) is 1. The number of fused-ring (bicyclic) bond motifs is 1. The molecule has 40 heavy (non-hydrogen) atoms. The van der Waals surface area contributed by atoms with Gasteiger partial charge in [0.2, 0.25) is 5.88 Å². The number of nitrogens with zero attached hydrogens (tertiary/aromatic N) is 3. The van der Waals surface area contributed by atoms with E-state index >= 15 is 4.39 Å². The fraction of sp³-hybridized carbons (Fsp3) is 0.700. The normalized spacial score (nSPS) is 27.8. The Labute approximate surface area is 235 Å². The minimum absolute atomic E-state index is 0.0265. The summed E-state index contributed by atoms with van der Waals surface area (Å²) in [7, 11) is 1.66. The molecule has 3 unspecified atom stereocenters. The Balaban J connectivity index is 1.59. The quantitative estimate of drug-likeness (QED) is 0.184. The molecule has 2 heterocycles. The first-order chi connectivity index (χ1) is 18.8. The van der Waals surface area contributed by atoms with Crippen molar-refractivity contribution >= 4 is 11.6 Å². The van der Waals surface area contributed by atoms with E-state index in [1.165, 1.54) is 6.07 Å². The summed E-state index contributed by atoms with van der Waals surface area (Å²) in [6.07, 6.45) is -1.10. The minimum Gasteiger partial charge on any atom is -0.465 e. The van der Waals surface area contributed by atoms with Crippen LogP contribution in [-0.2, 0) is 17.6 Å². The van der Waals surface area contributed by atoms with Crippen LogP contribution in [0.1, 0.15) is 71.6 Å². The number of aromatic nitrogens is 1. The summed E-state index contributed by atoms with van der Waals surface area (Å²) >= 11 is 0. The van der Waals surface area contributed by atoms with Crippen molar-refractivity contribution in [3.63, 3.8) is 0 Å². The number of halogens is 4. The number of pyridine rings is 1. The van der Waals surface area contributed by atoms with Gasteiger partial charge in [0.15, 0.2) is 6.10 Å². The van der Waals surface area contributed by atoms with Crippen LogP contribution in [0.4, 0.5) is 17.6 Å². The van der Waals surface area contributed by atoms with E-state index in [-0.39, 0.29) is 29.7 Å². The minimum atomic E-state index is -4.45. The molecule has 5 atom stereocenters. The maximum atomic E-state index is 16.5. The van der Waals surface area contributed by atoms with E-state index in [9.17, 15) is 18.0 Å². The molecule has 0 bridgehead atoms. The molecule has 0 saturated heterocycles. The lowest BCUT2D eigenvalue weighted by Gasteiger charge is -2.37. The summed E-state index contributed by atoms with van der Waals surface area (Å²) in [5, 5.41) is 3.15. The maximum absolute atomic E-state index is 16.5. The van der Waals surface area contributed by atoms with Crippen molar-refractivity contribution in [2.75, 3.05) is 26.7 Å². The first kappa shape index (κ1) is 32.0. The lowest BCUT2D eigenvalue weighted by molar-refractivity contribution is -0.190. The van der Waals surface area contributed by atoms with Crippen LogP contribution >= 0.6 is 0 Å². The van der Waals surface area contributed by atoms with Crippen molar-refractivity contribution in [1.82, 2.24) is 15.2 Å². The smallest absolute Gasteiger partial charge is 0.425 e. The molecule has 1 fully saturated rings. The number of hydrogen-bond acceptors (Lipinski definition) is 5. The number of allylic oxidation sites excluding steroid dienone is 1. The summed E-state index contributed by atoms with van der Waals surface area (Å²) in [6.45, 7) is 10.5. The highest BCUT2D eigenvalue weighted by atomic mass is 19.4. The number of rotatable bonds is 8. The molecular weight excluding hydrogens is 524 g/mol. The van der Waals surface area contributed by atoms with Crippen LogP contribution in [0, 0.1) is 11.8 Å². The number of aliphatic imine (C=N–C) groups is 1. The van der Waals surface area contributed by atoms with Crippen molar-refractivity contribution in [2.45, 2.75) is 97.1 Å². The molecular formula is C30H44F4N4O2. The van der Waals surface area contributed by atoms with Gasteiger partial charge in [-0.2, -0.15) is 13.2 Å². The molecule has 1 aliphatic carbocycles. The molecule has 1 saturated carbocycles. The molecule has 1 N–H and O–H groups in total. The van der Waals surface area contributed by atoms with Gasteiger partial charge >= 0.3 is 6.18 Å². The van der Waals surface area contributed by atoms with Crippen molar-refractivity contribution in [1.29, 1.82) is 0 Å². The third-order valence-electron chi connectivity index (χ3n) is 8.93. The van der Waals surface area contributed by atoms with Gasteiger partial charge in [0.25, 0.3) is 5.91 Å². The van der Waals surface area contributed by atoms with E-state index < -0.39 is 17.9 Å². The summed E-state index contributed by atoms with van der Waals surface area (Å²) in [5.74, 6) is -0.471.